The number of H-pyrrole nitrogens is 1. The molecule has 1 aromatic carbocycles. The summed E-state index contributed by atoms with van der Waals surface area (Å²) in [5.74, 6) is 0.723. The van der Waals surface area contributed by atoms with Gasteiger partial charge in [-0.05, 0) is 43.0 Å². The summed E-state index contributed by atoms with van der Waals surface area (Å²) in [6, 6.07) is 5.30. The highest BCUT2D eigenvalue weighted by molar-refractivity contribution is 6.30. The van der Waals surface area contributed by atoms with Gasteiger partial charge >= 0.3 is 5.69 Å². The standard InChI is InChI=1S/C23H30ClN5O3/c1-5-6-11-28-21-20(22(31)27-23(28)32)29(13-14(2)3)18(26-21)9-10-19(30)25-17-8-7-16(24)12-15(17)4/h7-8,12,14H,5-6,9-11,13H2,1-4H3,(H,25,30)(H,27,31,32). The molecule has 3 aromatic rings. The van der Waals surface area contributed by atoms with Crippen molar-refractivity contribution in [2.45, 2.75) is 66.5 Å². The van der Waals surface area contributed by atoms with Crippen molar-refractivity contribution in [3.8, 4) is 0 Å². The van der Waals surface area contributed by atoms with E-state index in [0.717, 1.165) is 18.4 Å². The minimum Gasteiger partial charge on any atom is -0.326 e. The minimum absolute atomic E-state index is 0.157. The van der Waals surface area contributed by atoms with Crippen LogP contribution in [0.2, 0.25) is 5.02 Å². The molecule has 3 rings (SSSR count). The van der Waals surface area contributed by atoms with Gasteiger partial charge in [0, 0.05) is 36.6 Å². The third-order valence-corrected chi connectivity index (χ3v) is 5.52. The normalized spacial score (nSPS) is 11.4. The Labute approximate surface area is 191 Å². The molecule has 8 nitrogen and oxygen atoms in total. The van der Waals surface area contributed by atoms with Gasteiger partial charge in [-0.3, -0.25) is 19.1 Å². The molecule has 0 bridgehead atoms. The topological polar surface area (TPSA) is 102 Å². The summed E-state index contributed by atoms with van der Waals surface area (Å²) in [7, 11) is 0. The van der Waals surface area contributed by atoms with Crippen molar-refractivity contribution in [3.05, 3.63) is 55.4 Å². The highest BCUT2D eigenvalue weighted by Gasteiger charge is 2.20. The molecule has 0 spiro atoms. The van der Waals surface area contributed by atoms with Crippen LogP contribution < -0.4 is 16.6 Å². The van der Waals surface area contributed by atoms with Gasteiger partial charge < -0.3 is 9.88 Å². The Balaban J connectivity index is 1.92. The number of aryl methyl sites for hydroxylation is 3. The SMILES string of the molecule is CCCCn1c(=O)[nH]c(=O)c2c1nc(CCC(=O)Nc1ccc(Cl)cc1C)n2CC(C)C. The van der Waals surface area contributed by atoms with Crippen molar-refractivity contribution in [1.82, 2.24) is 19.1 Å². The van der Waals surface area contributed by atoms with Gasteiger partial charge in [0.2, 0.25) is 5.91 Å². The molecule has 2 aromatic heterocycles. The number of nitrogens with zero attached hydrogens (tertiary/aromatic N) is 3. The molecule has 1 amide bonds. The first-order valence-corrected chi connectivity index (χ1v) is 11.4. The Morgan fingerprint density at radius 2 is 2.00 bits per heavy atom. The third kappa shape index (κ3) is 5.30. The van der Waals surface area contributed by atoms with E-state index < -0.39 is 11.2 Å². The van der Waals surface area contributed by atoms with Crippen LogP contribution in [0.15, 0.2) is 27.8 Å². The van der Waals surface area contributed by atoms with Crippen LogP contribution in [0, 0.1) is 12.8 Å². The molecule has 0 aliphatic heterocycles. The van der Waals surface area contributed by atoms with Crippen LogP contribution in [0.4, 0.5) is 5.69 Å². The first-order valence-electron chi connectivity index (χ1n) is 11.0. The number of benzene rings is 1. The van der Waals surface area contributed by atoms with Crippen molar-refractivity contribution in [3.63, 3.8) is 0 Å². The van der Waals surface area contributed by atoms with Gasteiger partial charge in [0.15, 0.2) is 11.2 Å². The second kappa shape index (κ2) is 10.2. The average molecular weight is 460 g/mol. The van der Waals surface area contributed by atoms with E-state index in [1.807, 2.05) is 32.3 Å². The minimum atomic E-state index is -0.451. The molecule has 32 heavy (non-hydrogen) atoms. The highest BCUT2D eigenvalue weighted by Crippen LogP contribution is 2.20. The fraction of sp³-hybridized carbons (Fsp3) is 0.478. The van der Waals surface area contributed by atoms with E-state index in [1.54, 1.807) is 18.2 Å². The van der Waals surface area contributed by atoms with Crippen molar-refractivity contribution in [1.29, 1.82) is 0 Å². The predicted octanol–water partition coefficient (Wildman–Crippen LogP) is 3.88. The fourth-order valence-corrected chi connectivity index (χ4v) is 3.93. The van der Waals surface area contributed by atoms with E-state index in [0.29, 0.717) is 47.2 Å². The number of carbonyl (C=O) groups is 1. The number of aromatic amines is 1. The van der Waals surface area contributed by atoms with Crippen LogP contribution in [-0.4, -0.2) is 25.0 Å². The van der Waals surface area contributed by atoms with Crippen molar-refractivity contribution < 1.29 is 4.79 Å². The Morgan fingerprint density at radius 1 is 1.25 bits per heavy atom. The molecule has 0 atom stereocenters. The monoisotopic (exact) mass is 459 g/mol. The summed E-state index contributed by atoms with van der Waals surface area (Å²) >= 11 is 5.98. The van der Waals surface area contributed by atoms with E-state index in [9.17, 15) is 14.4 Å². The van der Waals surface area contributed by atoms with Gasteiger partial charge in [0.05, 0.1) is 0 Å². The first-order chi connectivity index (χ1) is 15.2. The van der Waals surface area contributed by atoms with Crippen LogP contribution in [-0.2, 0) is 24.3 Å². The number of rotatable bonds is 9. The highest BCUT2D eigenvalue weighted by atomic mass is 35.5. The van der Waals surface area contributed by atoms with E-state index in [1.165, 1.54) is 4.57 Å². The molecule has 0 radical (unpaired) electrons. The number of halogens is 1. The first kappa shape index (κ1) is 23.8. The smallest absolute Gasteiger partial charge is 0.326 e. The number of unbranched alkanes of at least 4 members (excludes halogenated alkanes) is 1. The molecule has 0 aliphatic carbocycles. The number of amides is 1. The Kier molecular flexibility index (Phi) is 7.56. The number of carbonyl (C=O) groups excluding carboxylic acids is 1. The van der Waals surface area contributed by atoms with E-state index in [-0.39, 0.29) is 18.2 Å². The Bertz CT molecular complexity index is 1240. The summed E-state index contributed by atoms with van der Waals surface area (Å²) in [6.07, 6.45) is 2.26. The summed E-state index contributed by atoms with van der Waals surface area (Å²) in [5, 5.41) is 3.52. The number of fused-ring (bicyclic) bond motifs is 1. The zero-order valence-electron chi connectivity index (χ0n) is 19.0. The van der Waals surface area contributed by atoms with Crippen LogP contribution in [0.1, 0.15) is 51.4 Å². The van der Waals surface area contributed by atoms with Gasteiger partial charge in [-0.25, -0.2) is 9.78 Å². The Morgan fingerprint density at radius 3 is 2.66 bits per heavy atom. The second-order valence-electron chi connectivity index (χ2n) is 8.48. The molecular formula is C23H30ClN5O3. The molecule has 0 saturated carbocycles. The van der Waals surface area contributed by atoms with Crippen LogP contribution >= 0.6 is 11.6 Å². The molecule has 0 fully saturated rings. The zero-order valence-corrected chi connectivity index (χ0v) is 19.8. The molecule has 9 heteroatoms. The van der Waals surface area contributed by atoms with Gasteiger partial charge in [-0.15, -0.1) is 0 Å². The lowest BCUT2D eigenvalue weighted by molar-refractivity contribution is -0.116. The summed E-state index contributed by atoms with van der Waals surface area (Å²) in [5.41, 5.74) is 1.46. The van der Waals surface area contributed by atoms with Gasteiger partial charge in [-0.2, -0.15) is 0 Å². The van der Waals surface area contributed by atoms with Gasteiger partial charge in [-0.1, -0.05) is 38.8 Å². The predicted molar refractivity (Wildman–Crippen MR) is 127 cm³/mol. The maximum absolute atomic E-state index is 12.7. The summed E-state index contributed by atoms with van der Waals surface area (Å²) in [4.78, 5) is 44.8. The third-order valence-electron chi connectivity index (χ3n) is 5.29. The largest absolute Gasteiger partial charge is 0.330 e. The van der Waals surface area contributed by atoms with Crippen LogP contribution in [0.3, 0.4) is 0 Å². The van der Waals surface area contributed by atoms with E-state index >= 15 is 0 Å². The number of hydrogen-bond donors (Lipinski definition) is 2. The van der Waals surface area contributed by atoms with Gasteiger partial charge in [0.1, 0.15) is 5.82 Å². The summed E-state index contributed by atoms with van der Waals surface area (Å²) < 4.78 is 3.37. The molecule has 0 unspecified atom stereocenters. The van der Waals surface area contributed by atoms with Crippen LogP contribution in [0.5, 0.6) is 0 Å². The lowest BCUT2D eigenvalue weighted by Crippen LogP contribution is -2.31. The molecule has 0 aliphatic rings. The summed E-state index contributed by atoms with van der Waals surface area (Å²) in [6.45, 7) is 9.07. The maximum atomic E-state index is 12.7. The quantitative estimate of drug-likeness (QED) is 0.507. The number of hydrogen-bond acceptors (Lipinski definition) is 4. The van der Waals surface area contributed by atoms with Crippen molar-refractivity contribution >= 4 is 34.4 Å². The number of imidazole rings is 1. The van der Waals surface area contributed by atoms with Gasteiger partial charge in [0.25, 0.3) is 5.56 Å². The fourth-order valence-electron chi connectivity index (χ4n) is 3.70. The van der Waals surface area contributed by atoms with E-state index in [4.69, 9.17) is 11.6 Å². The number of nitrogens with one attached hydrogen (secondary N) is 2. The zero-order chi connectivity index (χ0) is 23.4. The number of anilines is 1. The molecule has 2 N–H and O–H groups in total. The average Bonchev–Trinajstić information content (AvgIpc) is 3.06. The lowest BCUT2D eigenvalue weighted by atomic mass is 10.2. The molecular weight excluding hydrogens is 430 g/mol. The van der Waals surface area contributed by atoms with E-state index in [2.05, 4.69) is 15.3 Å². The Hall–Kier alpha value is -2.87. The lowest BCUT2D eigenvalue weighted by Gasteiger charge is -2.12. The number of aromatic nitrogens is 4. The molecule has 2 heterocycles. The van der Waals surface area contributed by atoms with Crippen LogP contribution in [0.25, 0.3) is 11.2 Å². The molecule has 172 valence electrons. The maximum Gasteiger partial charge on any atom is 0.330 e. The second-order valence-corrected chi connectivity index (χ2v) is 8.91. The molecule has 0 saturated heterocycles. The van der Waals surface area contributed by atoms with Crippen molar-refractivity contribution in [2.24, 2.45) is 5.92 Å². The van der Waals surface area contributed by atoms with Crippen molar-refractivity contribution in [2.75, 3.05) is 5.32 Å².